The number of halogens is 3. The summed E-state index contributed by atoms with van der Waals surface area (Å²) in [4.78, 5) is 62.5. The molecule has 0 aliphatic carbocycles. The standard InChI is InChI=1S/C22H26I3NO9/c1-6-11(19(28)32-8-3)34-21(30)13-15(23)14(17(25)18(16(13)24)26-10(5)27)22(31)35-12(7-2)20(29)33-9-4/h11-12H,6-9H2,1-5H3,(H,26,27). The van der Waals surface area contributed by atoms with E-state index in [1.54, 1.807) is 50.3 Å². The van der Waals surface area contributed by atoms with Crippen LogP contribution in [0, 0.1) is 10.7 Å². The van der Waals surface area contributed by atoms with Gasteiger partial charge in [-0.1, -0.05) is 13.8 Å². The van der Waals surface area contributed by atoms with Crippen LogP contribution in [0.15, 0.2) is 0 Å². The summed E-state index contributed by atoms with van der Waals surface area (Å²) < 4.78 is 21.5. The zero-order chi connectivity index (χ0) is 26.9. The van der Waals surface area contributed by atoms with Crippen LogP contribution in [0.25, 0.3) is 0 Å². The number of benzene rings is 1. The van der Waals surface area contributed by atoms with Crippen molar-refractivity contribution in [2.75, 3.05) is 18.5 Å². The molecule has 35 heavy (non-hydrogen) atoms. The van der Waals surface area contributed by atoms with Crippen molar-refractivity contribution in [2.45, 2.75) is 59.7 Å². The first-order valence-corrected chi connectivity index (χ1v) is 13.9. The van der Waals surface area contributed by atoms with Crippen molar-refractivity contribution < 1.29 is 42.9 Å². The van der Waals surface area contributed by atoms with E-state index in [0.717, 1.165) is 0 Å². The van der Waals surface area contributed by atoms with Crippen LogP contribution in [0.5, 0.6) is 0 Å². The van der Waals surface area contributed by atoms with Crippen molar-refractivity contribution in [3.05, 3.63) is 21.8 Å². The molecule has 1 aromatic rings. The lowest BCUT2D eigenvalue weighted by molar-refractivity contribution is -0.154. The quantitative estimate of drug-likeness (QED) is 0.195. The number of amides is 1. The van der Waals surface area contributed by atoms with Crippen LogP contribution in [0.2, 0.25) is 0 Å². The Bertz CT molecular complexity index is 930. The molecule has 0 aliphatic rings. The summed E-state index contributed by atoms with van der Waals surface area (Å²) in [5, 5.41) is 2.62. The summed E-state index contributed by atoms with van der Waals surface area (Å²) in [5.41, 5.74) is 0.134. The minimum Gasteiger partial charge on any atom is -0.463 e. The lowest BCUT2D eigenvalue weighted by atomic mass is 10.1. The fourth-order valence-corrected chi connectivity index (χ4v) is 7.07. The number of hydrogen-bond acceptors (Lipinski definition) is 9. The molecular weight excluding hydrogens is 803 g/mol. The normalized spacial score (nSPS) is 12.2. The monoisotopic (exact) mass is 829 g/mol. The molecule has 13 heteroatoms. The molecule has 0 spiro atoms. The molecule has 0 heterocycles. The maximum absolute atomic E-state index is 13.2. The molecule has 2 atom stereocenters. The first-order chi connectivity index (χ1) is 16.4. The van der Waals surface area contributed by atoms with Gasteiger partial charge < -0.3 is 24.3 Å². The van der Waals surface area contributed by atoms with E-state index in [9.17, 15) is 24.0 Å². The summed E-state index contributed by atoms with van der Waals surface area (Å²) >= 11 is 5.52. The fraction of sp³-hybridized carbons (Fsp3) is 0.500. The molecule has 0 aromatic heterocycles. The average molecular weight is 829 g/mol. The number of hydrogen-bond donors (Lipinski definition) is 1. The summed E-state index contributed by atoms with van der Waals surface area (Å²) in [6.07, 6.45) is -1.96. The Morgan fingerprint density at radius 1 is 0.714 bits per heavy atom. The highest BCUT2D eigenvalue weighted by Crippen LogP contribution is 2.37. The van der Waals surface area contributed by atoms with E-state index in [2.05, 4.69) is 5.32 Å². The molecule has 1 N–H and O–H groups in total. The predicted molar refractivity (Wildman–Crippen MR) is 151 cm³/mol. The third kappa shape index (κ3) is 8.40. The number of esters is 4. The lowest BCUT2D eigenvalue weighted by Crippen LogP contribution is -2.31. The van der Waals surface area contributed by atoms with Crippen molar-refractivity contribution in [1.82, 2.24) is 0 Å². The number of nitrogens with one attached hydrogen (secondary N) is 1. The number of rotatable bonds is 11. The van der Waals surface area contributed by atoms with Gasteiger partial charge in [0, 0.05) is 10.5 Å². The molecule has 10 nitrogen and oxygen atoms in total. The van der Waals surface area contributed by atoms with Gasteiger partial charge in [-0.3, -0.25) is 4.79 Å². The molecule has 0 radical (unpaired) electrons. The van der Waals surface area contributed by atoms with Crippen LogP contribution >= 0.6 is 67.8 Å². The van der Waals surface area contributed by atoms with Crippen molar-refractivity contribution in [2.24, 2.45) is 0 Å². The van der Waals surface area contributed by atoms with Crippen molar-refractivity contribution in [3.63, 3.8) is 0 Å². The van der Waals surface area contributed by atoms with Crippen molar-refractivity contribution in [1.29, 1.82) is 0 Å². The van der Waals surface area contributed by atoms with Gasteiger partial charge in [0.1, 0.15) is 0 Å². The molecular formula is C22H26I3NO9. The van der Waals surface area contributed by atoms with Gasteiger partial charge in [0.15, 0.2) is 12.2 Å². The van der Waals surface area contributed by atoms with Gasteiger partial charge in [-0.05, 0) is 94.5 Å². The van der Waals surface area contributed by atoms with Crippen LogP contribution in [-0.4, -0.2) is 55.2 Å². The van der Waals surface area contributed by atoms with Gasteiger partial charge in [0.25, 0.3) is 0 Å². The van der Waals surface area contributed by atoms with E-state index in [1.807, 2.05) is 45.2 Å². The number of carbonyl (C=O) groups excluding carboxylic acids is 5. The zero-order valence-electron chi connectivity index (χ0n) is 19.8. The predicted octanol–water partition coefficient (Wildman–Crippen LogP) is 4.46. The van der Waals surface area contributed by atoms with Crippen molar-refractivity contribution >= 4 is 103 Å². The Morgan fingerprint density at radius 3 is 1.37 bits per heavy atom. The van der Waals surface area contributed by atoms with E-state index >= 15 is 0 Å². The molecule has 1 rings (SSSR count). The van der Waals surface area contributed by atoms with E-state index in [1.165, 1.54) is 6.92 Å². The van der Waals surface area contributed by atoms with Gasteiger partial charge in [0.05, 0.1) is 37.2 Å². The number of carbonyl (C=O) groups is 5. The second kappa shape index (κ2) is 15.1. The maximum Gasteiger partial charge on any atom is 0.347 e. The van der Waals surface area contributed by atoms with Crippen LogP contribution in [0.1, 0.15) is 68.2 Å². The number of ether oxygens (including phenoxy) is 4. The topological polar surface area (TPSA) is 134 Å². The first kappa shape index (κ1) is 31.8. The molecule has 0 aliphatic heterocycles. The Kier molecular flexibility index (Phi) is 13.7. The van der Waals surface area contributed by atoms with Gasteiger partial charge >= 0.3 is 23.9 Å². The van der Waals surface area contributed by atoms with E-state index < -0.39 is 42.0 Å². The highest BCUT2D eigenvalue weighted by Gasteiger charge is 2.34. The maximum atomic E-state index is 13.2. The summed E-state index contributed by atoms with van der Waals surface area (Å²) in [6.45, 7) is 8.10. The van der Waals surface area contributed by atoms with E-state index in [0.29, 0.717) is 7.14 Å². The molecule has 0 saturated carbocycles. The zero-order valence-corrected chi connectivity index (χ0v) is 26.3. The molecule has 1 amide bonds. The third-order valence-corrected chi connectivity index (χ3v) is 7.60. The molecule has 0 fully saturated rings. The third-order valence-electron chi connectivity index (χ3n) is 4.37. The van der Waals surface area contributed by atoms with Gasteiger partial charge in [-0.25, -0.2) is 19.2 Å². The largest absolute Gasteiger partial charge is 0.463 e. The Balaban J connectivity index is 3.60. The minimum atomic E-state index is -1.15. The SMILES string of the molecule is CCOC(=O)C(CC)OC(=O)c1c(I)c(NC(C)=O)c(I)c(C(=O)OC(CC)C(=O)OCC)c1I. The summed E-state index contributed by atoms with van der Waals surface area (Å²) in [5.74, 6) is -3.58. The highest BCUT2D eigenvalue weighted by atomic mass is 127. The minimum absolute atomic E-state index is 0.0331. The fourth-order valence-electron chi connectivity index (χ4n) is 2.75. The molecule has 0 bridgehead atoms. The lowest BCUT2D eigenvalue weighted by Gasteiger charge is -2.21. The van der Waals surface area contributed by atoms with Crippen LogP contribution < -0.4 is 5.32 Å². The van der Waals surface area contributed by atoms with Gasteiger partial charge in [-0.2, -0.15) is 0 Å². The Morgan fingerprint density at radius 2 is 1.09 bits per heavy atom. The molecule has 1 aromatic carbocycles. The molecule has 2 unspecified atom stereocenters. The second-order valence-corrected chi connectivity index (χ2v) is 10.1. The molecule has 194 valence electrons. The second-order valence-electron chi connectivity index (χ2n) is 6.86. The average Bonchev–Trinajstić information content (AvgIpc) is 2.78. The smallest absolute Gasteiger partial charge is 0.347 e. The first-order valence-electron chi connectivity index (χ1n) is 10.7. The van der Waals surface area contributed by atoms with Crippen LogP contribution in [0.3, 0.4) is 0 Å². The van der Waals surface area contributed by atoms with Gasteiger partial charge in [-0.15, -0.1) is 0 Å². The Labute approximate surface area is 244 Å². The number of anilines is 1. The van der Waals surface area contributed by atoms with Crippen LogP contribution in [0.4, 0.5) is 5.69 Å². The van der Waals surface area contributed by atoms with E-state index in [4.69, 9.17) is 18.9 Å². The Hall–Kier alpha value is -1.24. The highest BCUT2D eigenvalue weighted by molar-refractivity contribution is 14.1. The van der Waals surface area contributed by atoms with Crippen LogP contribution in [-0.2, 0) is 33.3 Å². The summed E-state index contributed by atoms with van der Waals surface area (Å²) in [6, 6.07) is 0. The summed E-state index contributed by atoms with van der Waals surface area (Å²) in [7, 11) is 0. The molecule has 0 saturated heterocycles. The van der Waals surface area contributed by atoms with Gasteiger partial charge in [0.2, 0.25) is 5.91 Å². The van der Waals surface area contributed by atoms with E-state index in [-0.39, 0.29) is 46.4 Å². The van der Waals surface area contributed by atoms with Crippen molar-refractivity contribution in [3.8, 4) is 0 Å².